The molecule has 17 heavy (non-hydrogen) atoms. The normalized spacial score (nSPS) is 25.7. The van der Waals surface area contributed by atoms with Gasteiger partial charge in [0.05, 0.1) is 21.1 Å². The SMILES string of the molecule is O=S1(=O)CCN2c3nccc(I)c3OCC2C1. The Morgan fingerprint density at radius 1 is 1.53 bits per heavy atom. The lowest BCUT2D eigenvalue weighted by atomic mass is 10.2. The van der Waals surface area contributed by atoms with Crippen molar-refractivity contribution in [3.05, 3.63) is 15.8 Å². The second kappa shape index (κ2) is 3.98. The van der Waals surface area contributed by atoms with Crippen LogP contribution in [0.15, 0.2) is 12.3 Å². The molecule has 7 heteroatoms. The van der Waals surface area contributed by atoms with Gasteiger partial charge in [0.2, 0.25) is 0 Å². The Balaban J connectivity index is 2.01. The second-order valence-corrected chi connectivity index (χ2v) is 7.61. The van der Waals surface area contributed by atoms with E-state index in [1.807, 2.05) is 6.07 Å². The first-order chi connectivity index (χ1) is 8.07. The molecule has 5 nitrogen and oxygen atoms in total. The van der Waals surface area contributed by atoms with Crippen LogP contribution in [-0.2, 0) is 9.84 Å². The quantitative estimate of drug-likeness (QED) is 0.633. The van der Waals surface area contributed by atoms with Crippen LogP contribution in [-0.4, -0.2) is 44.1 Å². The summed E-state index contributed by atoms with van der Waals surface area (Å²) in [5.41, 5.74) is 0. The fraction of sp³-hybridized carbons (Fsp3) is 0.500. The molecule has 1 fully saturated rings. The Morgan fingerprint density at radius 2 is 2.35 bits per heavy atom. The van der Waals surface area contributed by atoms with E-state index >= 15 is 0 Å². The van der Waals surface area contributed by atoms with Crippen LogP contribution in [0.3, 0.4) is 0 Å². The van der Waals surface area contributed by atoms with Gasteiger partial charge in [-0.25, -0.2) is 13.4 Å². The topological polar surface area (TPSA) is 59.5 Å². The van der Waals surface area contributed by atoms with E-state index in [1.165, 1.54) is 0 Å². The molecule has 0 aromatic carbocycles. The molecule has 0 aliphatic carbocycles. The van der Waals surface area contributed by atoms with Gasteiger partial charge in [0.25, 0.3) is 0 Å². The highest BCUT2D eigenvalue weighted by molar-refractivity contribution is 14.1. The van der Waals surface area contributed by atoms with Gasteiger partial charge in [0.15, 0.2) is 21.4 Å². The number of hydrogen-bond acceptors (Lipinski definition) is 5. The molecule has 0 radical (unpaired) electrons. The average Bonchev–Trinajstić information content (AvgIpc) is 2.27. The van der Waals surface area contributed by atoms with Crippen LogP contribution in [0, 0.1) is 3.57 Å². The van der Waals surface area contributed by atoms with E-state index in [-0.39, 0.29) is 17.5 Å². The molecule has 0 bridgehead atoms. The van der Waals surface area contributed by atoms with Gasteiger partial charge in [-0.2, -0.15) is 0 Å². The van der Waals surface area contributed by atoms with Crippen LogP contribution in [0.4, 0.5) is 5.82 Å². The third-order valence-corrected chi connectivity index (χ3v) is 5.61. The highest BCUT2D eigenvalue weighted by Gasteiger charge is 2.37. The second-order valence-electron chi connectivity index (χ2n) is 4.22. The number of aromatic nitrogens is 1. The molecule has 0 amide bonds. The summed E-state index contributed by atoms with van der Waals surface area (Å²) in [6, 6.07) is 1.80. The Bertz CT molecular complexity index is 561. The van der Waals surface area contributed by atoms with Crippen molar-refractivity contribution in [1.82, 2.24) is 4.98 Å². The van der Waals surface area contributed by atoms with E-state index in [0.29, 0.717) is 13.2 Å². The van der Waals surface area contributed by atoms with Gasteiger partial charge in [-0.15, -0.1) is 0 Å². The maximum Gasteiger partial charge on any atom is 0.175 e. The summed E-state index contributed by atoms with van der Waals surface area (Å²) >= 11 is 2.20. The number of rotatable bonds is 0. The number of nitrogens with zero attached hydrogens (tertiary/aromatic N) is 2. The Labute approximate surface area is 113 Å². The minimum Gasteiger partial charge on any atom is -0.486 e. The number of sulfone groups is 1. The van der Waals surface area contributed by atoms with Gasteiger partial charge >= 0.3 is 0 Å². The highest BCUT2D eigenvalue weighted by Crippen LogP contribution is 2.36. The van der Waals surface area contributed by atoms with Crippen molar-refractivity contribution >= 4 is 38.2 Å². The van der Waals surface area contributed by atoms with E-state index in [1.54, 1.807) is 6.20 Å². The molecule has 3 heterocycles. The molecule has 2 aliphatic heterocycles. The Hall–Kier alpha value is -0.570. The summed E-state index contributed by atoms with van der Waals surface area (Å²) in [6.07, 6.45) is 1.73. The summed E-state index contributed by atoms with van der Waals surface area (Å²) in [6.45, 7) is 0.935. The third kappa shape index (κ3) is 1.99. The van der Waals surface area contributed by atoms with Crippen LogP contribution in [0.2, 0.25) is 0 Å². The van der Waals surface area contributed by atoms with Crippen molar-refractivity contribution in [3.8, 4) is 5.75 Å². The van der Waals surface area contributed by atoms with Crippen molar-refractivity contribution in [2.45, 2.75) is 6.04 Å². The molecule has 1 atom stereocenters. The molecule has 92 valence electrons. The van der Waals surface area contributed by atoms with E-state index in [2.05, 4.69) is 32.5 Å². The molecular formula is C10H11IN2O3S. The van der Waals surface area contributed by atoms with Crippen molar-refractivity contribution < 1.29 is 13.2 Å². The lowest BCUT2D eigenvalue weighted by Gasteiger charge is -2.40. The molecular weight excluding hydrogens is 355 g/mol. The van der Waals surface area contributed by atoms with E-state index < -0.39 is 9.84 Å². The minimum atomic E-state index is -2.92. The van der Waals surface area contributed by atoms with Crippen molar-refractivity contribution in [3.63, 3.8) is 0 Å². The lowest BCUT2D eigenvalue weighted by Crippen LogP contribution is -2.53. The van der Waals surface area contributed by atoms with Gasteiger partial charge < -0.3 is 9.64 Å². The van der Waals surface area contributed by atoms with Gasteiger partial charge in [-0.1, -0.05) is 0 Å². The first-order valence-corrected chi connectivity index (χ1v) is 8.21. The first kappa shape index (κ1) is 11.5. The molecule has 2 aliphatic rings. The summed E-state index contributed by atoms with van der Waals surface area (Å²) in [5, 5.41) is 0. The maximum absolute atomic E-state index is 11.6. The van der Waals surface area contributed by atoms with Crippen molar-refractivity contribution in [2.24, 2.45) is 0 Å². The van der Waals surface area contributed by atoms with E-state index in [9.17, 15) is 8.42 Å². The molecule has 1 saturated heterocycles. The number of ether oxygens (including phenoxy) is 1. The van der Waals surface area contributed by atoms with Crippen LogP contribution in [0.25, 0.3) is 0 Å². The summed E-state index contributed by atoms with van der Waals surface area (Å²) in [5.74, 6) is 1.93. The average molecular weight is 366 g/mol. The molecule has 3 rings (SSSR count). The highest BCUT2D eigenvalue weighted by atomic mass is 127. The third-order valence-electron chi connectivity index (χ3n) is 3.06. The summed E-state index contributed by atoms with van der Waals surface area (Å²) in [7, 11) is -2.92. The predicted octanol–water partition coefficient (Wildman–Crippen LogP) is 0.682. The first-order valence-electron chi connectivity index (χ1n) is 5.31. The molecule has 0 spiro atoms. The Morgan fingerprint density at radius 3 is 3.18 bits per heavy atom. The van der Waals surface area contributed by atoms with Crippen molar-refractivity contribution in [1.29, 1.82) is 0 Å². The zero-order valence-electron chi connectivity index (χ0n) is 8.97. The van der Waals surface area contributed by atoms with Gasteiger partial charge in [0.1, 0.15) is 6.61 Å². The number of anilines is 1. The summed E-state index contributed by atoms with van der Waals surface area (Å²) < 4.78 is 29.8. The number of halogens is 1. The number of hydrogen-bond donors (Lipinski definition) is 0. The molecule has 0 saturated carbocycles. The minimum absolute atomic E-state index is 0.0908. The van der Waals surface area contributed by atoms with Crippen molar-refractivity contribution in [2.75, 3.05) is 29.6 Å². The largest absolute Gasteiger partial charge is 0.486 e. The number of pyridine rings is 1. The molecule has 1 unspecified atom stereocenters. The summed E-state index contributed by atoms with van der Waals surface area (Å²) in [4.78, 5) is 6.37. The lowest BCUT2D eigenvalue weighted by molar-refractivity contribution is 0.265. The number of fused-ring (bicyclic) bond motifs is 3. The predicted molar refractivity (Wildman–Crippen MR) is 72.2 cm³/mol. The van der Waals surface area contributed by atoms with E-state index in [0.717, 1.165) is 15.1 Å². The fourth-order valence-electron chi connectivity index (χ4n) is 2.24. The van der Waals surface area contributed by atoms with Crippen LogP contribution < -0.4 is 9.64 Å². The van der Waals surface area contributed by atoms with Crippen LogP contribution in [0.5, 0.6) is 5.75 Å². The van der Waals surface area contributed by atoms with Crippen LogP contribution in [0.1, 0.15) is 0 Å². The zero-order valence-corrected chi connectivity index (χ0v) is 11.9. The molecule has 0 N–H and O–H groups in total. The Kier molecular flexibility index (Phi) is 2.69. The smallest absolute Gasteiger partial charge is 0.175 e. The molecule has 1 aromatic heterocycles. The van der Waals surface area contributed by atoms with Gasteiger partial charge in [-0.05, 0) is 28.7 Å². The molecule has 1 aromatic rings. The fourth-order valence-corrected chi connectivity index (χ4v) is 4.30. The van der Waals surface area contributed by atoms with E-state index in [4.69, 9.17) is 4.74 Å². The zero-order chi connectivity index (χ0) is 12.0. The monoisotopic (exact) mass is 366 g/mol. The van der Waals surface area contributed by atoms with Crippen LogP contribution >= 0.6 is 22.6 Å². The van der Waals surface area contributed by atoms with Gasteiger partial charge in [-0.3, -0.25) is 0 Å². The standard InChI is InChI=1S/C10H11IN2O3S/c11-8-1-2-12-10-9(8)16-5-7-6-17(14,15)4-3-13(7)10/h1-2,7H,3-6H2. The van der Waals surface area contributed by atoms with Gasteiger partial charge in [0, 0.05) is 12.7 Å². The maximum atomic E-state index is 11.6.